The normalized spacial score (nSPS) is 15.0. The van der Waals surface area contributed by atoms with Gasteiger partial charge in [-0.05, 0) is 44.4 Å². The number of imide groups is 1. The maximum atomic E-state index is 12.0. The van der Waals surface area contributed by atoms with E-state index in [2.05, 4.69) is 10.6 Å². The van der Waals surface area contributed by atoms with Gasteiger partial charge in [0, 0.05) is 6.04 Å². The van der Waals surface area contributed by atoms with E-state index in [1.807, 2.05) is 25.1 Å². The van der Waals surface area contributed by atoms with Gasteiger partial charge in [0.25, 0.3) is 5.91 Å². The predicted molar refractivity (Wildman–Crippen MR) is 108 cm³/mol. The Kier molecular flexibility index (Phi) is 8.51. The van der Waals surface area contributed by atoms with E-state index < -0.39 is 30.6 Å². The van der Waals surface area contributed by atoms with Gasteiger partial charge in [0.1, 0.15) is 0 Å². The molecule has 0 aromatic heterocycles. The van der Waals surface area contributed by atoms with Crippen LogP contribution >= 0.6 is 0 Å². The lowest BCUT2D eigenvalue weighted by Crippen LogP contribution is -2.47. The maximum absolute atomic E-state index is 12.0. The van der Waals surface area contributed by atoms with Crippen LogP contribution in [0.2, 0.25) is 0 Å². The first-order valence-electron chi connectivity index (χ1n) is 9.67. The first kappa shape index (κ1) is 22.3. The summed E-state index contributed by atoms with van der Waals surface area (Å²) in [6.45, 7) is 2.90. The highest BCUT2D eigenvalue weighted by Gasteiger charge is 2.23. The minimum absolute atomic E-state index is 0.0863. The molecule has 1 atom stereocenters. The second-order valence-electron chi connectivity index (χ2n) is 6.78. The van der Waals surface area contributed by atoms with Gasteiger partial charge in [0.05, 0.1) is 7.11 Å². The Bertz CT molecular complexity index is 756. The molecule has 29 heavy (non-hydrogen) atoms. The molecule has 0 heterocycles. The molecule has 1 saturated carbocycles. The lowest BCUT2D eigenvalue weighted by atomic mass is 10.2. The zero-order valence-electron chi connectivity index (χ0n) is 17.0. The predicted octanol–water partition coefficient (Wildman–Crippen LogP) is 2.81. The molecule has 1 aromatic carbocycles. The van der Waals surface area contributed by atoms with Gasteiger partial charge in [-0.3, -0.25) is 10.1 Å². The molecule has 2 N–H and O–H groups in total. The smallest absolute Gasteiger partial charge is 0.344 e. The van der Waals surface area contributed by atoms with Gasteiger partial charge in [-0.15, -0.1) is 0 Å². The van der Waals surface area contributed by atoms with Crippen molar-refractivity contribution in [2.45, 2.75) is 51.7 Å². The lowest BCUT2D eigenvalue weighted by Gasteiger charge is -2.16. The molecule has 0 radical (unpaired) electrons. The molecule has 1 aromatic rings. The Morgan fingerprint density at radius 2 is 1.93 bits per heavy atom. The Morgan fingerprint density at radius 1 is 1.21 bits per heavy atom. The number of methoxy groups -OCH3 is 1. The van der Waals surface area contributed by atoms with Crippen molar-refractivity contribution in [1.29, 1.82) is 0 Å². The number of carbonyl (C=O) groups is 3. The Morgan fingerprint density at radius 3 is 2.59 bits per heavy atom. The summed E-state index contributed by atoms with van der Waals surface area (Å²) < 4.78 is 15.7. The Hall–Kier alpha value is -3.03. The number of amides is 3. The highest BCUT2D eigenvalue weighted by molar-refractivity contribution is 5.97. The molecule has 1 aliphatic rings. The molecule has 0 bridgehead atoms. The standard InChI is InChI=1S/C21H28N2O6/c1-4-7-15-10-11-17(18(12-15)27-3)28-13-19(24)29-14(2)20(25)23-21(26)22-16-8-5-6-9-16/h4,7,10-12,14,16H,5-6,8-9,13H2,1-3H3,(H2,22,23,25,26)/b7-4+/t14-/m0/s1. The van der Waals surface area contributed by atoms with Gasteiger partial charge < -0.3 is 19.5 Å². The second kappa shape index (κ2) is 11.1. The first-order chi connectivity index (χ1) is 13.9. The van der Waals surface area contributed by atoms with Crippen molar-refractivity contribution >= 4 is 24.0 Å². The average Bonchev–Trinajstić information content (AvgIpc) is 3.19. The Balaban J connectivity index is 1.79. The van der Waals surface area contributed by atoms with E-state index in [9.17, 15) is 14.4 Å². The molecular weight excluding hydrogens is 376 g/mol. The number of benzene rings is 1. The van der Waals surface area contributed by atoms with Crippen molar-refractivity contribution in [2.75, 3.05) is 13.7 Å². The van der Waals surface area contributed by atoms with E-state index in [0.29, 0.717) is 11.5 Å². The number of esters is 1. The van der Waals surface area contributed by atoms with Crippen LogP contribution in [0.25, 0.3) is 6.08 Å². The topological polar surface area (TPSA) is 103 Å². The molecule has 0 saturated heterocycles. The van der Waals surface area contributed by atoms with Gasteiger partial charge in [-0.2, -0.15) is 0 Å². The van der Waals surface area contributed by atoms with Crippen LogP contribution in [0.3, 0.4) is 0 Å². The summed E-state index contributed by atoms with van der Waals surface area (Å²) in [5, 5.41) is 4.92. The minimum atomic E-state index is -1.13. The summed E-state index contributed by atoms with van der Waals surface area (Å²) in [6.07, 6.45) is 6.62. The summed E-state index contributed by atoms with van der Waals surface area (Å²) in [5.41, 5.74) is 0.931. The van der Waals surface area contributed by atoms with Crippen molar-refractivity contribution in [1.82, 2.24) is 10.6 Å². The summed E-state index contributed by atoms with van der Waals surface area (Å²) in [4.78, 5) is 35.8. The molecule has 0 unspecified atom stereocenters. The van der Waals surface area contributed by atoms with E-state index in [4.69, 9.17) is 14.2 Å². The van der Waals surface area contributed by atoms with Crippen LogP contribution in [0.5, 0.6) is 11.5 Å². The fourth-order valence-corrected chi connectivity index (χ4v) is 3.03. The third-order valence-corrected chi connectivity index (χ3v) is 4.50. The zero-order chi connectivity index (χ0) is 21.2. The summed E-state index contributed by atoms with van der Waals surface area (Å²) >= 11 is 0. The largest absolute Gasteiger partial charge is 0.493 e. The minimum Gasteiger partial charge on any atom is -0.493 e. The number of nitrogens with one attached hydrogen (secondary N) is 2. The van der Waals surface area contributed by atoms with E-state index in [-0.39, 0.29) is 6.04 Å². The number of allylic oxidation sites excluding steroid dienone is 1. The van der Waals surface area contributed by atoms with Crippen LogP contribution in [-0.2, 0) is 14.3 Å². The average molecular weight is 404 g/mol. The summed E-state index contributed by atoms with van der Waals surface area (Å²) in [5.74, 6) is -0.570. The summed E-state index contributed by atoms with van der Waals surface area (Å²) in [7, 11) is 1.50. The quantitative estimate of drug-likeness (QED) is 0.646. The number of hydrogen-bond acceptors (Lipinski definition) is 6. The molecule has 8 nitrogen and oxygen atoms in total. The van der Waals surface area contributed by atoms with Crippen LogP contribution in [0.4, 0.5) is 4.79 Å². The number of rotatable bonds is 8. The molecule has 1 fully saturated rings. The van der Waals surface area contributed by atoms with Gasteiger partial charge >= 0.3 is 12.0 Å². The van der Waals surface area contributed by atoms with Crippen LogP contribution in [0.15, 0.2) is 24.3 Å². The molecule has 2 rings (SSSR count). The monoisotopic (exact) mass is 404 g/mol. The molecule has 0 aliphatic heterocycles. The molecule has 158 valence electrons. The van der Waals surface area contributed by atoms with Crippen molar-refractivity contribution in [3.05, 3.63) is 29.8 Å². The SMILES string of the molecule is C/C=C/c1ccc(OCC(=O)O[C@@H](C)C(=O)NC(=O)NC2CCCC2)c(OC)c1. The molecule has 1 aliphatic carbocycles. The van der Waals surface area contributed by atoms with E-state index >= 15 is 0 Å². The van der Waals surface area contributed by atoms with E-state index in [1.165, 1.54) is 14.0 Å². The van der Waals surface area contributed by atoms with Gasteiger partial charge in [-0.25, -0.2) is 9.59 Å². The van der Waals surface area contributed by atoms with E-state index in [0.717, 1.165) is 31.2 Å². The van der Waals surface area contributed by atoms with Crippen LogP contribution in [0, 0.1) is 0 Å². The highest BCUT2D eigenvalue weighted by Crippen LogP contribution is 2.28. The summed E-state index contributed by atoms with van der Waals surface area (Å²) in [6, 6.07) is 4.79. The number of carbonyl (C=O) groups excluding carboxylic acids is 3. The molecule has 8 heteroatoms. The Labute approximate surface area is 170 Å². The lowest BCUT2D eigenvalue weighted by molar-refractivity contribution is -0.156. The maximum Gasteiger partial charge on any atom is 0.344 e. The number of hydrogen-bond donors (Lipinski definition) is 2. The van der Waals surface area contributed by atoms with Crippen molar-refractivity contribution in [3.63, 3.8) is 0 Å². The highest BCUT2D eigenvalue weighted by atomic mass is 16.6. The van der Waals surface area contributed by atoms with Crippen molar-refractivity contribution in [2.24, 2.45) is 0 Å². The zero-order valence-corrected chi connectivity index (χ0v) is 17.0. The third-order valence-electron chi connectivity index (χ3n) is 4.50. The molecular formula is C21H28N2O6. The first-order valence-corrected chi connectivity index (χ1v) is 9.67. The molecule has 0 spiro atoms. The fourth-order valence-electron chi connectivity index (χ4n) is 3.03. The molecule has 3 amide bonds. The number of ether oxygens (including phenoxy) is 3. The van der Waals surface area contributed by atoms with Gasteiger partial charge in [-0.1, -0.05) is 31.1 Å². The van der Waals surface area contributed by atoms with Crippen LogP contribution in [0.1, 0.15) is 45.1 Å². The number of urea groups is 1. The second-order valence-corrected chi connectivity index (χ2v) is 6.78. The van der Waals surface area contributed by atoms with Gasteiger partial charge in [0.15, 0.2) is 24.2 Å². The van der Waals surface area contributed by atoms with Crippen molar-refractivity contribution < 1.29 is 28.6 Å². The fraction of sp³-hybridized carbons (Fsp3) is 0.476. The van der Waals surface area contributed by atoms with Gasteiger partial charge in [0.2, 0.25) is 0 Å². The van der Waals surface area contributed by atoms with Crippen LogP contribution in [-0.4, -0.2) is 43.8 Å². The van der Waals surface area contributed by atoms with Crippen molar-refractivity contribution in [3.8, 4) is 11.5 Å². The van der Waals surface area contributed by atoms with Crippen LogP contribution < -0.4 is 20.1 Å². The third kappa shape index (κ3) is 7.14. The van der Waals surface area contributed by atoms with E-state index in [1.54, 1.807) is 12.1 Å².